The molecule has 0 aromatic heterocycles. The summed E-state index contributed by atoms with van der Waals surface area (Å²) in [5.74, 6) is 0.0430. The van der Waals surface area contributed by atoms with Crippen molar-refractivity contribution in [2.24, 2.45) is 17.4 Å². The van der Waals surface area contributed by atoms with Crippen LogP contribution in [0.25, 0.3) is 0 Å². The molecule has 0 bridgehead atoms. The Labute approximate surface area is 126 Å². The van der Waals surface area contributed by atoms with Gasteiger partial charge in [0.1, 0.15) is 0 Å². The number of nitrogens with zero attached hydrogens (tertiary/aromatic N) is 1. The maximum Gasteiger partial charge on any atom is 0.231 e. The van der Waals surface area contributed by atoms with E-state index in [0.29, 0.717) is 10.9 Å². The summed E-state index contributed by atoms with van der Waals surface area (Å²) in [6.45, 7) is 7.02. The van der Waals surface area contributed by atoms with E-state index in [1.807, 2.05) is 36.1 Å². The lowest BCUT2D eigenvalue weighted by Gasteiger charge is -2.35. The average Bonchev–Trinajstić information content (AvgIpc) is 2.29. The zero-order valence-corrected chi connectivity index (χ0v) is 13.1. The minimum absolute atomic E-state index is 0.126. The van der Waals surface area contributed by atoms with E-state index in [0.717, 1.165) is 12.1 Å². The van der Waals surface area contributed by atoms with Gasteiger partial charge >= 0.3 is 0 Å². The van der Waals surface area contributed by atoms with E-state index in [9.17, 15) is 4.79 Å². The SMILES string of the molecule is CC(C)CN(CC(N)=O)C(c1ccccc1Cl)C(C)N. The van der Waals surface area contributed by atoms with Crippen molar-refractivity contribution in [1.82, 2.24) is 4.90 Å². The summed E-state index contributed by atoms with van der Waals surface area (Å²) in [6.07, 6.45) is 0. The Hall–Kier alpha value is -1.10. The molecule has 5 heteroatoms. The minimum Gasteiger partial charge on any atom is -0.369 e. The molecule has 0 saturated carbocycles. The highest BCUT2D eigenvalue weighted by molar-refractivity contribution is 6.31. The molecule has 1 amide bonds. The molecule has 0 aliphatic carbocycles. The lowest BCUT2D eigenvalue weighted by molar-refractivity contribution is -0.120. The molecule has 1 aromatic rings. The lowest BCUT2D eigenvalue weighted by atomic mass is 9.97. The van der Waals surface area contributed by atoms with Crippen molar-refractivity contribution < 1.29 is 4.79 Å². The molecule has 2 unspecified atom stereocenters. The molecule has 0 fully saturated rings. The second-order valence-corrected chi connectivity index (χ2v) is 6.02. The first-order valence-corrected chi connectivity index (χ1v) is 7.23. The topological polar surface area (TPSA) is 72.3 Å². The number of nitrogens with two attached hydrogens (primary N) is 2. The van der Waals surface area contributed by atoms with Gasteiger partial charge in [0.25, 0.3) is 0 Å². The normalized spacial score (nSPS) is 14.6. The van der Waals surface area contributed by atoms with Crippen molar-refractivity contribution >= 4 is 17.5 Å². The first kappa shape index (κ1) is 17.0. The monoisotopic (exact) mass is 297 g/mol. The van der Waals surface area contributed by atoms with Gasteiger partial charge in [0.15, 0.2) is 0 Å². The standard InChI is InChI=1S/C15H24ClN3O/c1-10(2)8-19(9-14(18)20)15(11(3)17)12-6-4-5-7-13(12)16/h4-7,10-11,15H,8-9,17H2,1-3H3,(H2,18,20). The smallest absolute Gasteiger partial charge is 0.231 e. The van der Waals surface area contributed by atoms with Gasteiger partial charge in [-0.2, -0.15) is 0 Å². The van der Waals surface area contributed by atoms with Crippen LogP contribution in [-0.4, -0.2) is 29.9 Å². The van der Waals surface area contributed by atoms with Crippen LogP contribution in [-0.2, 0) is 4.79 Å². The van der Waals surface area contributed by atoms with Crippen LogP contribution in [0.3, 0.4) is 0 Å². The Morgan fingerprint density at radius 2 is 1.90 bits per heavy atom. The molecule has 4 N–H and O–H groups in total. The number of hydrogen-bond donors (Lipinski definition) is 2. The van der Waals surface area contributed by atoms with E-state index < -0.39 is 0 Å². The van der Waals surface area contributed by atoms with Crippen molar-refractivity contribution in [2.75, 3.05) is 13.1 Å². The van der Waals surface area contributed by atoms with Crippen molar-refractivity contribution in [2.45, 2.75) is 32.9 Å². The van der Waals surface area contributed by atoms with E-state index in [1.54, 1.807) is 0 Å². The first-order valence-electron chi connectivity index (χ1n) is 6.85. The molecule has 1 aromatic carbocycles. The molecule has 0 saturated heterocycles. The largest absolute Gasteiger partial charge is 0.369 e. The molecule has 112 valence electrons. The molecular formula is C15H24ClN3O. The highest BCUT2D eigenvalue weighted by Gasteiger charge is 2.27. The van der Waals surface area contributed by atoms with Crippen LogP contribution in [0, 0.1) is 5.92 Å². The van der Waals surface area contributed by atoms with Gasteiger partial charge in [-0.1, -0.05) is 43.6 Å². The van der Waals surface area contributed by atoms with Gasteiger partial charge in [-0.25, -0.2) is 0 Å². The minimum atomic E-state index is -0.358. The number of benzene rings is 1. The third-order valence-corrected chi connectivity index (χ3v) is 3.42. The Kier molecular flexibility index (Phi) is 6.46. The number of halogens is 1. The summed E-state index contributed by atoms with van der Waals surface area (Å²) < 4.78 is 0. The zero-order valence-electron chi connectivity index (χ0n) is 12.3. The second kappa shape index (κ2) is 7.62. The van der Waals surface area contributed by atoms with E-state index >= 15 is 0 Å². The third kappa shape index (κ3) is 4.78. The number of rotatable bonds is 7. The fourth-order valence-corrected chi connectivity index (χ4v) is 2.72. The van der Waals surface area contributed by atoms with Crippen LogP contribution in [0.4, 0.5) is 0 Å². The summed E-state index contributed by atoms with van der Waals surface area (Å²) >= 11 is 6.28. The van der Waals surface area contributed by atoms with Gasteiger partial charge in [-0.15, -0.1) is 0 Å². The van der Waals surface area contributed by atoms with Gasteiger partial charge in [-0.3, -0.25) is 9.69 Å². The highest BCUT2D eigenvalue weighted by atomic mass is 35.5. The number of hydrogen-bond acceptors (Lipinski definition) is 3. The van der Waals surface area contributed by atoms with Crippen molar-refractivity contribution in [3.05, 3.63) is 34.9 Å². The molecule has 0 aliphatic rings. The highest BCUT2D eigenvalue weighted by Crippen LogP contribution is 2.30. The summed E-state index contributed by atoms with van der Waals surface area (Å²) in [6, 6.07) is 7.31. The fourth-order valence-electron chi connectivity index (χ4n) is 2.47. The van der Waals surface area contributed by atoms with Crippen LogP contribution in [0.5, 0.6) is 0 Å². The summed E-state index contributed by atoms with van der Waals surface area (Å²) in [4.78, 5) is 13.4. The van der Waals surface area contributed by atoms with E-state index in [4.69, 9.17) is 23.1 Å². The Morgan fingerprint density at radius 3 is 2.35 bits per heavy atom. The van der Waals surface area contributed by atoms with Crippen molar-refractivity contribution in [3.8, 4) is 0 Å². The van der Waals surface area contributed by atoms with Crippen LogP contribution in [0.2, 0.25) is 5.02 Å². The average molecular weight is 298 g/mol. The molecule has 4 nitrogen and oxygen atoms in total. The Morgan fingerprint density at radius 1 is 1.30 bits per heavy atom. The van der Waals surface area contributed by atoms with Crippen LogP contribution in [0.15, 0.2) is 24.3 Å². The lowest BCUT2D eigenvalue weighted by Crippen LogP contribution is -2.45. The van der Waals surface area contributed by atoms with Gasteiger partial charge in [0, 0.05) is 17.6 Å². The number of amides is 1. The molecule has 0 spiro atoms. The van der Waals surface area contributed by atoms with Crippen LogP contribution < -0.4 is 11.5 Å². The first-order chi connectivity index (χ1) is 9.32. The predicted molar refractivity (Wildman–Crippen MR) is 83.4 cm³/mol. The molecule has 0 radical (unpaired) electrons. The van der Waals surface area contributed by atoms with Crippen LogP contribution >= 0.6 is 11.6 Å². The quantitative estimate of drug-likeness (QED) is 0.810. The van der Waals surface area contributed by atoms with E-state index in [1.165, 1.54) is 0 Å². The molecule has 0 heterocycles. The van der Waals surface area contributed by atoms with Crippen molar-refractivity contribution in [3.63, 3.8) is 0 Å². The maximum absolute atomic E-state index is 11.3. The van der Waals surface area contributed by atoms with Crippen molar-refractivity contribution in [1.29, 1.82) is 0 Å². The van der Waals surface area contributed by atoms with Gasteiger partial charge in [0.2, 0.25) is 5.91 Å². The Bertz CT molecular complexity index is 448. The van der Waals surface area contributed by atoms with Gasteiger partial charge in [-0.05, 0) is 24.5 Å². The molecular weight excluding hydrogens is 274 g/mol. The molecule has 20 heavy (non-hydrogen) atoms. The number of primary amides is 1. The molecule has 1 rings (SSSR count). The summed E-state index contributed by atoms with van der Waals surface area (Å²) in [5.41, 5.74) is 12.4. The fraction of sp³-hybridized carbons (Fsp3) is 0.533. The second-order valence-electron chi connectivity index (χ2n) is 5.62. The molecule has 2 atom stereocenters. The third-order valence-electron chi connectivity index (χ3n) is 3.07. The van der Waals surface area contributed by atoms with E-state index in [-0.39, 0.29) is 24.5 Å². The number of carbonyl (C=O) groups excluding carboxylic acids is 1. The summed E-state index contributed by atoms with van der Waals surface area (Å²) in [5, 5.41) is 0.660. The van der Waals surface area contributed by atoms with Gasteiger partial charge in [0.05, 0.1) is 12.6 Å². The number of carbonyl (C=O) groups is 1. The molecule has 0 aliphatic heterocycles. The predicted octanol–water partition coefficient (Wildman–Crippen LogP) is 2.17. The summed E-state index contributed by atoms with van der Waals surface area (Å²) in [7, 11) is 0. The zero-order chi connectivity index (χ0) is 15.3. The van der Waals surface area contributed by atoms with Crippen LogP contribution in [0.1, 0.15) is 32.4 Å². The maximum atomic E-state index is 11.3. The van der Waals surface area contributed by atoms with E-state index in [2.05, 4.69) is 13.8 Å². The Balaban J connectivity index is 3.13. The van der Waals surface area contributed by atoms with Gasteiger partial charge < -0.3 is 11.5 Å².